The first-order chi connectivity index (χ1) is 9.04. The summed E-state index contributed by atoms with van der Waals surface area (Å²) in [7, 11) is -3.40. The van der Waals surface area contributed by atoms with E-state index < -0.39 is 26.4 Å². The van der Waals surface area contributed by atoms with Crippen molar-refractivity contribution in [2.75, 3.05) is 18.5 Å². The number of hydrogen-bond acceptors (Lipinski definition) is 5. The number of carbonyl (C=O) groups is 2. The summed E-state index contributed by atoms with van der Waals surface area (Å²) >= 11 is 0. The average molecular weight is 296 g/mol. The Morgan fingerprint density at radius 1 is 1.15 bits per heavy atom. The standard InChI is InChI=1S/C13H16N2O4S/c1-13(2,20(3,18)19)7-15-11(16)9-5-4-8(14)6-10(9)12(15)17/h4-6H,7,14H2,1-3H3. The van der Waals surface area contributed by atoms with E-state index in [-0.39, 0.29) is 17.7 Å². The molecule has 1 aromatic carbocycles. The largest absolute Gasteiger partial charge is 0.399 e. The quantitative estimate of drug-likeness (QED) is 0.653. The van der Waals surface area contributed by atoms with Crippen LogP contribution in [0.15, 0.2) is 18.2 Å². The van der Waals surface area contributed by atoms with Gasteiger partial charge in [0, 0.05) is 18.5 Å². The maximum absolute atomic E-state index is 12.2. The van der Waals surface area contributed by atoms with Crippen LogP contribution in [0.5, 0.6) is 0 Å². The number of amides is 2. The fourth-order valence-electron chi connectivity index (χ4n) is 1.95. The summed E-state index contributed by atoms with van der Waals surface area (Å²) in [6.07, 6.45) is 1.09. The van der Waals surface area contributed by atoms with Crippen LogP contribution in [0.3, 0.4) is 0 Å². The van der Waals surface area contributed by atoms with Gasteiger partial charge >= 0.3 is 0 Å². The molecule has 0 spiro atoms. The van der Waals surface area contributed by atoms with Crippen molar-refractivity contribution in [3.63, 3.8) is 0 Å². The van der Waals surface area contributed by atoms with Gasteiger partial charge in [-0.15, -0.1) is 0 Å². The number of rotatable bonds is 3. The first-order valence-corrected chi connectivity index (χ1v) is 7.89. The molecule has 0 radical (unpaired) electrons. The number of anilines is 1. The molecule has 6 nitrogen and oxygen atoms in total. The average Bonchev–Trinajstić information content (AvgIpc) is 2.52. The molecule has 0 bridgehead atoms. The Balaban J connectivity index is 2.39. The van der Waals surface area contributed by atoms with Gasteiger partial charge in [0.15, 0.2) is 9.84 Å². The van der Waals surface area contributed by atoms with Crippen LogP contribution >= 0.6 is 0 Å². The van der Waals surface area contributed by atoms with Gasteiger partial charge < -0.3 is 5.73 Å². The van der Waals surface area contributed by atoms with Crippen molar-refractivity contribution in [2.24, 2.45) is 0 Å². The fraction of sp³-hybridized carbons (Fsp3) is 0.385. The summed E-state index contributed by atoms with van der Waals surface area (Å²) in [6.45, 7) is 2.79. The Bertz CT molecular complexity index is 707. The molecular formula is C13H16N2O4S. The molecule has 0 saturated carbocycles. The fourth-order valence-corrected chi connectivity index (χ4v) is 2.31. The molecule has 108 valence electrons. The molecule has 0 aliphatic carbocycles. The minimum absolute atomic E-state index is 0.182. The topological polar surface area (TPSA) is 97.5 Å². The third-order valence-corrected chi connectivity index (χ3v) is 5.67. The maximum Gasteiger partial charge on any atom is 0.261 e. The Morgan fingerprint density at radius 2 is 1.70 bits per heavy atom. The highest BCUT2D eigenvalue weighted by atomic mass is 32.2. The lowest BCUT2D eigenvalue weighted by atomic mass is 10.1. The maximum atomic E-state index is 12.2. The molecule has 20 heavy (non-hydrogen) atoms. The molecule has 1 heterocycles. The highest BCUT2D eigenvalue weighted by Crippen LogP contribution is 2.28. The molecule has 2 rings (SSSR count). The summed E-state index contributed by atoms with van der Waals surface area (Å²) in [6, 6.07) is 4.45. The number of nitrogens with two attached hydrogens (primary N) is 1. The summed E-state index contributed by atoms with van der Waals surface area (Å²) < 4.78 is 22.2. The van der Waals surface area contributed by atoms with E-state index in [0.717, 1.165) is 11.2 Å². The molecule has 0 saturated heterocycles. The third kappa shape index (κ3) is 2.18. The molecule has 2 amide bonds. The monoisotopic (exact) mass is 296 g/mol. The molecule has 7 heteroatoms. The first-order valence-electron chi connectivity index (χ1n) is 6.00. The van der Waals surface area contributed by atoms with Crippen molar-refractivity contribution in [3.05, 3.63) is 29.3 Å². The normalized spacial score (nSPS) is 15.7. The molecule has 2 N–H and O–H groups in total. The van der Waals surface area contributed by atoms with Crippen LogP contribution in [0.2, 0.25) is 0 Å². The second-order valence-corrected chi connectivity index (χ2v) is 8.18. The summed E-state index contributed by atoms with van der Waals surface area (Å²) in [4.78, 5) is 25.4. The van der Waals surface area contributed by atoms with E-state index in [2.05, 4.69) is 0 Å². The zero-order chi connectivity index (χ0) is 15.3. The number of nitrogens with zero attached hydrogens (tertiary/aromatic N) is 1. The van der Waals surface area contributed by atoms with Gasteiger partial charge in [0.05, 0.1) is 15.9 Å². The molecular weight excluding hydrogens is 280 g/mol. The molecule has 1 aliphatic heterocycles. The van der Waals surface area contributed by atoms with E-state index in [1.807, 2.05) is 0 Å². The van der Waals surface area contributed by atoms with Crippen molar-refractivity contribution in [1.82, 2.24) is 4.90 Å². The number of benzene rings is 1. The predicted octanol–water partition coefficient (Wildman–Crippen LogP) is 0.688. The minimum Gasteiger partial charge on any atom is -0.399 e. The first kappa shape index (κ1) is 14.5. The number of sulfone groups is 1. The Kier molecular flexibility index (Phi) is 3.13. The lowest BCUT2D eigenvalue weighted by Gasteiger charge is -2.27. The molecule has 1 aliphatic rings. The van der Waals surface area contributed by atoms with Gasteiger partial charge in [0.1, 0.15) is 0 Å². The number of imide groups is 1. The van der Waals surface area contributed by atoms with Gasteiger partial charge in [0.25, 0.3) is 11.8 Å². The van der Waals surface area contributed by atoms with Crippen molar-refractivity contribution < 1.29 is 18.0 Å². The van der Waals surface area contributed by atoms with Crippen molar-refractivity contribution in [1.29, 1.82) is 0 Å². The highest BCUT2D eigenvalue weighted by Gasteiger charge is 2.42. The van der Waals surface area contributed by atoms with E-state index in [4.69, 9.17) is 5.73 Å². The second kappa shape index (κ2) is 4.31. The van der Waals surface area contributed by atoms with E-state index in [1.54, 1.807) is 0 Å². The molecule has 0 fully saturated rings. The Morgan fingerprint density at radius 3 is 2.25 bits per heavy atom. The van der Waals surface area contributed by atoms with Crippen LogP contribution in [-0.2, 0) is 9.84 Å². The summed E-state index contributed by atoms with van der Waals surface area (Å²) in [5.74, 6) is -0.990. The van der Waals surface area contributed by atoms with E-state index in [1.165, 1.54) is 32.0 Å². The van der Waals surface area contributed by atoms with Crippen molar-refractivity contribution in [2.45, 2.75) is 18.6 Å². The smallest absolute Gasteiger partial charge is 0.261 e. The second-order valence-electron chi connectivity index (χ2n) is 5.53. The zero-order valence-corrected chi connectivity index (χ0v) is 12.3. The molecule has 0 unspecified atom stereocenters. The van der Waals surface area contributed by atoms with Crippen LogP contribution in [0.1, 0.15) is 34.6 Å². The number of hydrogen-bond donors (Lipinski definition) is 1. The molecule has 1 aromatic rings. The van der Waals surface area contributed by atoms with Crippen LogP contribution in [0, 0.1) is 0 Å². The van der Waals surface area contributed by atoms with E-state index in [9.17, 15) is 18.0 Å². The van der Waals surface area contributed by atoms with Gasteiger partial charge in [-0.3, -0.25) is 14.5 Å². The van der Waals surface area contributed by atoms with E-state index >= 15 is 0 Å². The number of fused-ring (bicyclic) bond motifs is 1. The number of nitrogen functional groups attached to an aromatic ring is 1. The van der Waals surface area contributed by atoms with Gasteiger partial charge in [-0.05, 0) is 32.0 Å². The van der Waals surface area contributed by atoms with Crippen LogP contribution in [0.25, 0.3) is 0 Å². The Hall–Kier alpha value is -1.89. The summed E-state index contributed by atoms with van der Waals surface area (Å²) in [5.41, 5.74) is 6.47. The predicted molar refractivity (Wildman–Crippen MR) is 75.1 cm³/mol. The molecule has 0 aromatic heterocycles. The number of carbonyl (C=O) groups excluding carboxylic acids is 2. The van der Waals surface area contributed by atoms with Gasteiger partial charge in [0.2, 0.25) is 0 Å². The van der Waals surface area contributed by atoms with Crippen LogP contribution in [-0.4, -0.2) is 42.7 Å². The lowest BCUT2D eigenvalue weighted by molar-refractivity contribution is 0.0642. The Labute approximate surface area is 117 Å². The zero-order valence-electron chi connectivity index (χ0n) is 11.5. The van der Waals surface area contributed by atoms with Gasteiger partial charge in [-0.2, -0.15) is 0 Å². The minimum atomic E-state index is -3.40. The van der Waals surface area contributed by atoms with Crippen molar-refractivity contribution >= 4 is 27.3 Å². The van der Waals surface area contributed by atoms with Crippen LogP contribution < -0.4 is 5.73 Å². The van der Waals surface area contributed by atoms with Gasteiger partial charge in [-0.1, -0.05) is 0 Å². The highest BCUT2D eigenvalue weighted by molar-refractivity contribution is 7.92. The third-order valence-electron chi connectivity index (χ3n) is 3.54. The van der Waals surface area contributed by atoms with Crippen molar-refractivity contribution in [3.8, 4) is 0 Å². The SMILES string of the molecule is CC(C)(CN1C(=O)c2ccc(N)cc2C1=O)S(C)(=O)=O. The van der Waals surface area contributed by atoms with E-state index in [0.29, 0.717) is 5.69 Å². The van der Waals surface area contributed by atoms with Gasteiger partial charge in [-0.25, -0.2) is 8.42 Å². The molecule has 0 atom stereocenters. The lowest BCUT2D eigenvalue weighted by Crippen LogP contribution is -2.46. The van der Waals surface area contributed by atoms with Crippen LogP contribution in [0.4, 0.5) is 5.69 Å². The summed E-state index contributed by atoms with van der Waals surface area (Å²) in [5, 5.41) is 0.